The molecule has 1 atom stereocenters. The van der Waals surface area contributed by atoms with Crippen LogP contribution in [0.1, 0.15) is 28.6 Å². The van der Waals surface area contributed by atoms with Crippen LogP contribution in [0.4, 0.5) is 0 Å². The van der Waals surface area contributed by atoms with Gasteiger partial charge in [-0.25, -0.2) is 0 Å². The maximum atomic E-state index is 13.0. The number of rotatable bonds is 7. The molecule has 1 N–H and O–H groups in total. The van der Waals surface area contributed by atoms with Crippen molar-refractivity contribution in [3.05, 3.63) is 65.6 Å². The van der Waals surface area contributed by atoms with Crippen molar-refractivity contribution in [3.63, 3.8) is 0 Å². The van der Waals surface area contributed by atoms with E-state index in [0.29, 0.717) is 19.8 Å². The van der Waals surface area contributed by atoms with Crippen molar-refractivity contribution in [3.8, 4) is 0 Å². The second kappa shape index (κ2) is 8.59. The normalized spacial score (nSPS) is 20.5. The highest BCUT2D eigenvalue weighted by molar-refractivity contribution is 6.14. The number of carbonyl (C=O) groups excluding carboxylic acids is 2. The summed E-state index contributed by atoms with van der Waals surface area (Å²) >= 11 is 0. The third kappa shape index (κ3) is 3.94. The van der Waals surface area contributed by atoms with Crippen LogP contribution in [0.3, 0.4) is 0 Å². The fourth-order valence-electron chi connectivity index (χ4n) is 3.84. The molecule has 2 aliphatic rings. The Kier molecular flexibility index (Phi) is 5.73. The number of aliphatic hydroxyl groups is 1. The largest absolute Gasteiger partial charge is 0.503 e. The van der Waals surface area contributed by atoms with Crippen molar-refractivity contribution < 1.29 is 23.8 Å². The molecule has 8 heteroatoms. The number of hydrogen-bond acceptors (Lipinski definition) is 7. The molecular weight excluding hydrogens is 374 g/mol. The number of aliphatic hydroxyl groups excluding tert-OH is 1. The summed E-state index contributed by atoms with van der Waals surface area (Å²) in [7, 11) is 0. The topological polar surface area (TPSA) is 96.1 Å². The second-order valence-corrected chi connectivity index (χ2v) is 7.06. The molecule has 8 nitrogen and oxygen atoms in total. The van der Waals surface area contributed by atoms with Crippen LogP contribution in [0.5, 0.6) is 0 Å². The lowest BCUT2D eigenvalue weighted by Crippen LogP contribution is -2.39. The number of aromatic nitrogens is 1. The molecule has 0 aliphatic carbocycles. The second-order valence-electron chi connectivity index (χ2n) is 7.06. The number of carbonyl (C=O) groups is 2. The molecule has 0 saturated carbocycles. The number of nitrogens with zero attached hydrogens (tertiary/aromatic N) is 3. The molecule has 0 bridgehead atoms. The van der Waals surface area contributed by atoms with Crippen LogP contribution in [-0.2, 0) is 9.53 Å². The van der Waals surface area contributed by atoms with Crippen LogP contribution in [0.15, 0.2) is 58.7 Å². The van der Waals surface area contributed by atoms with E-state index in [9.17, 15) is 14.7 Å². The fraction of sp³-hybridized carbons (Fsp3) is 0.381. The van der Waals surface area contributed by atoms with E-state index < -0.39 is 23.5 Å². The minimum atomic E-state index is -0.673. The summed E-state index contributed by atoms with van der Waals surface area (Å²) in [6, 6.07) is 5.95. The predicted molar refractivity (Wildman–Crippen MR) is 103 cm³/mol. The van der Waals surface area contributed by atoms with E-state index in [1.165, 1.54) is 12.3 Å². The number of ketones is 1. The Morgan fingerprint density at radius 2 is 1.93 bits per heavy atom. The molecule has 152 valence electrons. The van der Waals surface area contributed by atoms with E-state index >= 15 is 0 Å². The van der Waals surface area contributed by atoms with Gasteiger partial charge in [-0.15, -0.1) is 0 Å². The van der Waals surface area contributed by atoms with Gasteiger partial charge in [0.25, 0.3) is 5.91 Å². The molecule has 29 heavy (non-hydrogen) atoms. The number of amides is 1. The fourth-order valence-corrected chi connectivity index (χ4v) is 3.84. The van der Waals surface area contributed by atoms with E-state index in [0.717, 1.165) is 31.6 Å². The highest BCUT2D eigenvalue weighted by Crippen LogP contribution is 2.38. The lowest BCUT2D eigenvalue weighted by atomic mass is 9.96. The first-order valence-corrected chi connectivity index (χ1v) is 9.69. The minimum Gasteiger partial charge on any atom is -0.503 e. The highest BCUT2D eigenvalue weighted by Gasteiger charge is 2.44. The van der Waals surface area contributed by atoms with Gasteiger partial charge in [-0.1, -0.05) is 0 Å². The SMILES string of the molecule is O=C(C1=C(O)C(=O)N(CCCN2CCOCC2)[C@@H]1c1ccncc1)c1ccco1. The summed E-state index contributed by atoms with van der Waals surface area (Å²) in [6.07, 6.45) is 5.33. The van der Waals surface area contributed by atoms with Gasteiger partial charge < -0.3 is 19.2 Å². The van der Waals surface area contributed by atoms with Crippen LogP contribution >= 0.6 is 0 Å². The van der Waals surface area contributed by atoms with Gasteiger partial charge in [-0.2, -0.15) is 0 Å². The van der Waals surface area contributed by atoms with Crippen LogP contribution < -0.4 is 0 Å². The number of furan rings is 1. The molecule has 2 aliphatic heterocycles. The Morgan fingerprint density at radius 3 is 2.62 bits per heavy atom. The van der Waals surface area contributed by atoms with Crippen molar-refractivity contribution in [1.29, 1.82) is 0 Å². The van der Waals surface area contributed by atoms with Crippen molar-refractivity contribution in [1.82, 2.24) is 14.8 Å². The van der Waals surface area contributed by atoms with Crippen LogP contribution in [0.25, 0.3) is 0 Å². The Morgan fingerprint density at radius 1 is 1.17 bits per heavy atom. The summed E-state index contributed by atoms with van der Waals surface area (Å²) in [5.74, 6) is -1.45. The summed E-state index contributed by atoms with van der Waals surface area (Å²) in [6.45, 7) is 4.40. The molecule has 0 radical (unpaired) electrons. The number of ether oxygens (including phenoxy) is 1. The first-order valence-electron chi connectivity index (χ1n) is 9.69. The molecule has 1 amide bonds. The molecular formula is C21H23N3O5. The monoisotopic (exact) mass is 397 g/mol. The van der Waals surface area contributed by atoms with Gasteiger partial charge in [0.15, 0.2) is 11.5 Å². The lowest BCUT2D eigenvalue weighted by molar-refractivity contribution is -0.129. The molecule has 0 spiro atoms. The van der Waals surface area contributed by atoms with Gasteiger partial charge >= 0.3 is 0 Å². The highest BCUT2D eigenvalue weighted by atomic mass is 16.5. The molecule has 0 unspecified atom stereocenters. The van der Waals surface area contributed by atoms with Crippen LogP contribution in [0.2, 0.25) is 0 Å². The lowest BCUT2D eigenvalue weighted by Gasteiger charge is -2.29. The molecule has 1 saturated heterocycles. The van der Waals surface area contributed by atoms with Crippen molar-refractivity contribution in [2.24, 2.45) is 0 Å². The Hall–Kier alpha value is -2.97. The third-order valence-corrected chi connectivity index (χ3v) is 5.29. The first-order chi connectivity index (χ1) is 14.2. The maximum absolute atomic E-state index is 13.0. The predicted octanol–water partition coefficient (Wildman–Crippen LogP) is 1.98. The van der Waals surface area contributed by atoms with Crippen LogP contribution in [-0.4, -0.2) is 71.0 Å². The van der Waals surface area contributed by atoms with Gasteiger partial charge in [-0.05, 0) is 36.2 Å². The van der Waals surface area contributed by atoms with Gasteiger partial charge in [0.05, 0.1) is 31.1 Å². The quantitative estimate of drug-likeness (QED) is 0.714. The van der Waals surface area contributed by atoms with E-state index in [1.807, 2.05) is 0 Å². The molecule has 0 aromatic carbocycles. The van der Waals surface area contributed by atoms with E-state index in [-0.39, 0.29) is 11.3 Å². The van der Waals surface area contributed by atoms with E-state index in [4.69, 9.17) is 9.15 Å². The number of pyridine rings is 1. The summed E-state index contributed by atoms with van der Waals surface area (Å²) in [5, 5.41) is 10.6. The molecule has 4 rings (SSSR count). The van der Waals surface area contributed by atoms with Gasteiger partial charge in [0, 0.05) is 38.6 Å². The zero-order chi connectivity index (χ0) is 20.2. The Labute approximate surface area is 168 Å². The minimum absolute atomic E-state index is 0.0440. The molecule has 2 aromatic rings. The number of hydrogen-bond donors (Lipinski definition) is 1. The van der Waals surface area contributed by atoms with Crippen molar-refractivity contribution in [2.75, 3.05) is 39.4 Å². The van der Waals surface area contributed by atoms with E-state index in [2.05, 4.69) is 9.88 Å². The Balaban J connectivity index is 1.57. The van der Waals surface area contributed by atoms with Gasteiger partial charge in [-0.3, -0.25) is 19.5 Å². The molecule has 4 heterocycles. The first kappa shape index (κ1) is 19.4. The van der Waals surface area contributed by atoms with Crippen molar-refractivity contribution >= 4 is 11.7 Å². The summed E-state index contributed by atoms with van der Waals surface area (Å²) in [4.78, 5) is 33.7. The zero-order valence-corrected chi connectivity index (χ0v) is 16.0. The van der Waals surface area contributed by atoms with Gasteiger partial charge in [0.2, 0.25) is 5.78 Å². The van der Waals surface area contributed by atoms with Crippen LogP contribution in [0, 0.1) is 0 Å². The smallest absolute Gasteiger partial charge is 0.290 e. The average molecular weight is 397 g/mol. The maximum Gasteiger partial charge on any atom is 0.290 e. The van der Waals surface area contributed by atoms with E-state index in [1.54, 1.807) is 35.5 Å². The number of morpholine rings is 1. The molecule has 2 aromatic heterocycles. The van der Waals surface area contributed by atoms with Crippen molar-refractivity contribution in [2.45, 2.75) is 12.5 Å². The van der Waals surface area contributed by atoms with Gasteiger partial charge in [0.1, 0.15) is 0 Å². The number of Topliss-reactive ketones (excluding diaryl/α,β-unsaturated/α-hetero) is 1. The average Bonchev–Trinajstić information content (AvgIpc) is 3.38. The molecule has 1 fully saturated rings. The summed E-state index contributed by atoms with van der Waals surface area (Å²) < 4.78 is 10.6. The third-order valence-electron chi connectivity index (χ3n) is 5.29. The Bertz CT molecular complexity index is 888. The summed E-state index contributed by atoms with van der Waals surface area (Å²) in [5.41, 5.74) is 0.765. The zero-order valence-electron chi connectivity index (χ0n) is 16.0. The standard InChI is InChI=1S/C21H23N3O5/c25-19(16-3-1-12-29-16)17-18(15-4-6-22-7-5-15)24(21(27)20(17)26)9-2-8-23-10-13-28-14-11-23/h1,3-7,12,18,26H,2,8-11,13-14H2/t18-/m1/s1.